The highest BCUT2D eigenvalue weighted by atomic mass is 32.2. The number of nitrogens with one attached hydrogen (secondary N) is 2. The third kappa shape index (κ3) is 5.18. The van der Waals surface area contributed by atoms with Crippen molar-refractivity contribution in [3.05, 3.63) is 59.7 Å². The number of carboxylic acid groups (broad SMARTS) is 1. The van der Waals surface area contributed by atoms with Crippen LogP contribution in [0.5, 0.6) is 0 Å². The maximum atomic E-state index is 12.5. The largest absolute Gasteiger partial charge is 0.478 e. The summed E-state index contributed by atoms with van der Waals surface area (Å²) in [7, 11) is -3.79. The maximum Gasteiger partial charge on any atom is 0.328 e. The molecule has 8 heteroatoms. The highest BCUT2D eigenvalue weighted by molar-refractivity contribution is 7.92. The Morgan fingerprint density at radius 3 is 2.27 bits per heavy atom. The first-order chi connectivity index (χ1) is 12.2. The van der Waals surface area contributed by atoms with Gasteiger partial charge in [0.25, 0.3) is 10.0 Å². The second-order valence-corrected chi connectivity index (χ2v) is 7.24. The topological polar surface area (TPSA) is 113 Å². The monoisotopic (exact) mass is 374 g/mol. The minimum Gasteiger partial charge on any atom is -0.478 e. The van der Waals surface area contributed by atoms with E-state index in [1.807, 2.05) is 0 Å². The predicted octanol–water partition coefficient (Wildman–Crippen LogP) is 2.85. The Labute approximate surface area is 151 Å². The van der Waals surface area contributed by atoms with E-state index < -0.39 is 16.0 Å². The molecule has 0 unspecified atom stereocenters. The van der Waals surface area contributed by atoms with Crippen LogP contribution in [-0.4, -0.2) is 25.4 Å². The molecule has 26 heavy (non-hydrogen) atoms. The van der Waals surface area contributed by atoms with E-state index in [-0.39, 0.29) is 10.8 Å². The van der Waals surface area contributed by atoms with Crippen molar-refractivity contribution in [3.8, 4) is 0 Å². The first kappa shape index (κ1) is 19.2. The molecule has 0 aliphatic carbocycles. The lowest BCUT2D eigenvalue weighted by Gasteiger charge is -2.11. The zero-order valence-electron chi connectivity index (χ0n) is 14.2. The van der Waals surface area contributed by atoms with Crippen LogP contribution in [-0.2, 0) is 19.6 Å². The van der Waals surface area contributed by atoms with E-state index in [2.05, 4.69) is 10.0 Å². The number of hydrogen-bond donors (Lipinski definition) is 3. The minimum atomic E-state index is -3.79. The molecule has 0 aliphatic heterocycles. The van der Waals surface area contributed by atoms with Crippen molar-refractivity contribution in [2.45, 2.75) is 18.7 Å². The molecule has 1 amide bonds. The Morgan fingerprint density at radius 2 is 1.73 bits per heavy atom. The molecule has 0 spiro atoms. The van der Waals surface area contributed by atoms with E-state index in [0.717, 1.165) is 11.6 Å². The van der Waals surface area contributed by atoms with Gasteiger partial charge in [0.05, 0.1) is 4.90 Å². The van der Waals surface area contributed by atoms with E-state index >= 15 is 0 Å². The summed E-state index contributed by atoms with van der Waals surface area (Å²) in [5.41, 5.74) is 2.26. The molecule has 3 N–H and O–H groups in total. The normalized spacial score (nSPS) is 11.3. The average molecular weight is 374 g/mol. The zero-order valence-corrected chi connectivity index (χ0v) is 15.0. The fourth-order valence-electron chi connectivity index (χ4n) is 2.20. The summed E-state index contributed by atoms with van der Waals surface area (Å²) >= 11 is 0. The van der Waals surface area contributed by atoms with Gasteiger partial charge in [-0.25, -0.2) is 13.2 Å². The van der Waals surface area contributed by atoms with Gasteiger partial charge in [-0.2, -0.15) is 0 Å². The van der Waals surface area contributed by atoms with Crippen LogP contribution in [0.1, 0.15) is 18.1 Å². The Morgan fingerprint density at radius 1 is 1.08 bits per heavy atom. The number of carbonyl (C=O) groups excluding carboxylic acids is 1. The SMILES string of the molecule is CC(=O)Nc1ccc(NS(=O)(=O)c2ccc(C=CC(=O)O)cc2)cc1C. The van der Waals surface area contributed by atoms with Crippen molar-refractivity contribution >= 4 is 39.4 Å². The molecule has 0 radical (unpaired) electrons. The number of hydrogen-bond acceptors (Lipinski definition) is 4. The summed E-state index contributed by atoms with van der Waals surface area (Å²) in [4.78, 5) is 21.7. The second-order valence-electron chi connectivity index (χ2n) is 5.56. The molecule has 7 nitrogen and oxygen atoms in total. The highest BCUT2D eigenvalue weighted by Gasteiger charge is 2.14. The molecule has 2 rings (SSSR count). The van der Waals surface area contributed by atoms with E-state index in [1.54, 1.807) is 25.1 Å². The van der Waals surface area contributed by atoms with Crippen LogP contribution in [0.2, 0.25) is 0 Å². The van der Waals surface area contributed by atoms with Crippen molar-refractivity contribution in [2.24, 2.45) is 0 Å². The van der Waals surface area contributed by atoms with E-state index in [1.165, 1.54) is 37.3 Å². The molecule has 0 saturated carbocycles. The van der Waals surface area contributed by atoms with Gasteiger partial charge in [0.1, 0.15) is 0 Å². The molecule has 0 atom stereocenters. The van der Waals surface area contributed by atoms with Crippen LogP contribution in [0.4, 0.5) is 11.4 Å². The molecule has 0 fully saturated rings. The molecule has 0 aliphatic rings. The summed E-state index contributed by atoms with van der Waals surface area (Å²) in [5, 5.41) is 11.3. The second kappa shape index (κ2) is 7.83. The number of rotatable bonds is 6. The lowest BCUT2D eigenvalue weighted by atomic mass is 10.2. The van der Waals surface area contributed by atoms with Crippen LogP contribution in [0.15, 0.2) is 53.4 Å². The van der Waals surface area contributed by atoms with Gasteiger partial charge in [-0.1, -0.05) is 12.1 Å². The van der Waals surface area contributed by atoms with Crippen LogP contribution < -0.4 is 10.0 Å². The Hall–Kier alpha value is -3.13. The number of carbonyl (C=O) groups is 2. The third-order valence-electron chi connectivity index (χ3n) is 3.40. The smallest absolute Gasteiger partial charge is 0.328 e. The molecule has 0 aromatic heterocycles. The van der Waals surface area contributed by atoms with Crippen molar-refractivity contribution in [1.82, 2.24) is 0 Å². The van der Waals surface area contributed by atoms with Gasteiger partial charge in [0, 0.05) is 24.4 Å². The van der Waals surface area contributed by atoms with E-state index in [9.17, 15) is 18.0 Å². The number of aliphatic carboxylic acids is 1. The minimum absolute atomic E-state index is 0.0496. The molecule has 136 valence electrons. The predicted molar refractivity (Wildman–Crippen MR) is 99.4 cm³/mol. The summed E-state index contributed by atoms with van der Waals surface area (Å²) in [6.45, 7) is 3.15. The van der Waals surface area contributed by atoms with Gasteiger partial charge in [-0.15, -0.1) is 0 Å². The van der Waals surface area contributed by atoms with Gasteiger partial charge in [0.2, 0.25) is 5.91 Å². The van der Waals surface area contributed by atoms with Crippen molar-refractivity contribution in [3.63, 3.8) is 0 Å². The summed E-state index contributed by atoms with van der Waals surface area (Å²) in [6.07, 6.45) is 2.34. The summed E-state index contributed by atoms with van der Waals surface area (Å²) in [6, 6.07) is 10.6. The molecule has 2 aromatic rings. The standard InChI is InChI=1S/C18H18N2O5S/c1-12-11-15(6-9-17(12)19-13(2)21)20-26(24,25)16-7-3-14(4-8-16)5-10-18(22)23/h3-11,20H,1-2H3,(H,19,21)(H,22,23). The molecule has 2 aromatic carbocycles. The number of aryl methyl sites for hydroxylation is 1. The summed E-state index contributed by atoms with van der Waals surface area (Å²) in [5.74, 6) is -1.29. The van der Waals surface area contributed by atoms with Gasteiger partial charge in [0.15, 0.2) is 0 Å². The van der Waals surface area contributed by atoms with Gasteiger partial charge in [-0.3, -0.25) is 9.52 Å². The summed E-state index contributed by atoms with van der Waals surface area (Å²) < 4.78 is 27.4. The lowest BCUT2D eigenvalue weighted by molar-refractivity contribution is -0.131. The fourth-order valence-corrected chi connectivity index (χ4v) is 3.25. The third-order valence-corrected chi connectivity index (χ3v) is 4.80. The first-order valence-electron chi connectivity index (χ1n) is 7.59. The number of amides is 1. The lowest BCUT2D eigenvalue weighted by Crippen LogP contribution is -2.13. The molecule has 0 saturated heterocycles. The maximum absolute atomic E-state index is 12.5. The van der Waals surface area contributed by atoms with Crippen molar-refractivity contribution < 1.29 is 23.1 Å². The van der Waals surface area contributed by atoms with Gasteiger partial charge in [-0.05, 0) is 54.5 Å². The van der Waals surface area contributed by atoms with Gasteiger partial charge < -0.3 is 10.4 Å². The quantitative estimate of drug-likeness (QED) is 0.673. The average Bonchev–Trinajstić information content (AvgIpc) is 2.55. The van der Waals surface area contributed by atoms with Crippen LogP contribution in [0.25, 0.3) is 6.08 Å². The number of sulfonamides is 1. The number of benzene rings is 2. The fraction of sp³-hybridized carbons (Fsp3) is 0.111. The highest BCUT2D eigenvalue weighted by Crippen LogP contribution is 2.22. The first-order valence-corrected chi connectivity index (χ1v) is 9.08. The molecular weight excluding hydrogens is 356 g/mol. The van der Waals surface area contributed by atoms with E-state index in [0.29, 0.717) is 16.9 Å². The number of carboxylic acids is 1. The Balaban J connectivity index is 2.19. The molecular formula is C18H18N2O5S. The van der Waals surface area contributed by atoms with Crippen molar-refractivity contribution in [2.75, 3.05) is 10.0 Å². The molecule has 0 heterocycles. The van der Waals surface area contributed by atoms with Crippen LogP contribution >= 0.6 is 0 Å². The van der Waals surface area contributed by atoms with Crippen molar-refractivity contribution in [1.29, 1.82) is 0 Å². The Bertz CT molecular complexity index is 964. The van der Waals surface area contributed by atoms with Crippen LogP contribution in [0.3, 0.4) is 0 Å². The van der Waals surface area contributed by atoms with E-state index in [4.69, 9.17) is 5.11 Å². The van der Waals surface area contributed by atoms with Gasteiger partial charge >= 0.3 is 5.97 Å². The Kier molecular flexibility index (Phi) is 5.78. The molecule has 0 bridgehead atoms. The van der Waals surface area contributed by atoms with Crippen LogP contribution in [0, 0.1) is 6.92 Å². The number of anilines is 2. The zero-order chi connectivity index (χ0) is 19.3.